The molecule has 0 spiro atoms. The number of primary amides is 1. The van der Waals surface area contributed by atoms with Crippen LogP contribution in [0.15, 0.2) is 30.3 Å². The maximum atomic E-state index is 14.7. The Hall–Kier alpha value is -2.70. The van der Waals surface area contributed by atoms with Gasteiger partial charge in [0.25, 0.3) is 0 Å². The molecule has 0 unspecified atom stereocenters. The summed E-state index contributed by atoms with van der Waals surface area (Å²) in [5.41, 5.74) is 6.11. The van der Waals surface area contributed by atoms with E-state index < -0.39 is 24.1 Å². The zero-order valence-electron chi connectivity index (χ0n) is 11.8. The quantitative estimate of drug-likeness (QED) is 0.940. The third-order valence-corrected chi connectivity index (χ3v) is 3.60. The summed E-state index contributed by atoms with van der Waals surface area (Å²) in [6, 6.07) is 7.07. The summed E-state index contributed by atoms with van der Waals surface area (Å²) in [5.74, 6) is -1.99. The van der Waals surface area contributed by atoms with E-state index in [1.54, 1.807) is 18.2 Å². The van der Waals surface area contributed by atoms with Gasteiger partial charge in [-0.25, -0.2) is 4.39 Å². The Bertz CT molecular complexity index is 777. The van der Waals surface area contributed by atoms with Crippen LogP contribution >= 0.6 is 0 Å². The van der Waals surface area contributed by atoms with E-state index in [2.05, 4.69) is 4.74 Å². The highest BCUT2D eigenvalue weighted by Crippen LogP contribution is 2.39. The van der Waals surface area contributed by atoms with E-state index in [0.29, 0.717) is 29.9 Å². The molecule has 7 heteroatoms. The Balaban J connectivity index is 2.24. The fourth-order valence-electron chi connectivity index (χ4n) is 2.67. The van der Waals surface area contributed by atoms with Gasteiger partial charge in [-0.15, -0.1) is 0 Å². The average molecular weight is 323 g/mol. The number of fused-ring (bicyclic) bond motifs is 1. The molecule has 0 radical (unpaired) electrons. The zero-order valence-corrected chi connectivity index (χ0v) is 11.8. The molecule has 0 aromatic heterocycles. The lowest BCUT2D eigenvalue weighted by Crippen LogP contribution is -2.15. The minimum Gasteiger partial charge on any atom is -0.493 e. The van der Waals surface area contributed by atoms with Crippen molar-refractivity contribution in [2.45, 2.75) is 13.0 Å². The predicted octanol–water partition coefficient (Wildman–Crippen LogP) is 3.13. The van der Waals surface area contributed by atoms with Crippen molar-refractivity contribution in [3.05, 3.63) is 47.3 Å². The first kappa shape index (κ1) is 15.2. The lowest BCUT2D eigenvalue weighted by molar-refractivity contribution is -0.0521. The van der Waals surface area contributed by atoms with Crippen molar-refractivity contribution in [3.63, 3.8) is 0 Å². The molecule has 1 aliphatic heterocycles. The van der Waals surface area contributed by atoms with Crippen molar-refractivity contribution in [1.29, 1.82) is 0 Å². The van der Waals surface area contributed by atoms with Gasteiger partial charge in [0.05, 0.1) is 12.2 Å². The Morgan fingerprint density at radius 2 is 2.04 bits per heavy atom. The highest BCUT2D eigenvalue weighted by molar-refractivity contribution is 6.01. The van der Waals surface area contributed by atoms with Crippen molar-refractivity contribution in [1.82, 2.24) is 0 Å². The van der Waals surface area contributed by atoms with Crippen molar-refractivity contribution in [2.24, 2.45) is 5.73 Å². The second-order valence-corrected chi connectivity index (χ2v) is 4.92. The fraction of sp³-hybridized carbons (Fsp3) is 0.188. The number of alkyl halides is 2. The standard InChI is InChI=1S/C16H12F3NO3/c17-14-12(23-16(18)19)5-4-10(15(20)21)13(14)9-2-1-3-11-8(9)6-7-22-11/h1-5,16H,6-7H2,(H2,20,21). The van der Waals surface area contributed by atoms with Crippen molar-refractivity contribution >= 4 is 5.91 Å². The predicted molar refractivity (Wildman–Crippen MR) is 76.2 cm³/mol. The minimum absolute atomic E-state index is 0.107. The maximum Gasteiger partial charge on any atom is 0.387 e. The molecule has 0 bridgehead atoms. The van der Waals surface area contributed by atoms with Crippen LogP contribution in [-0.4, -0.2) is 19.1 Å². The zero-order chi connectivity index (χ0) is 16.6. The maximum absolute atomic E-state index is 14.7. The first-order valence-corrected chi connectivity index (χ1v) is 6.81. The number of amides is 1. The van der Waals surface area contributed by atoms with E-state index in [1.807, 2.05) is 0 Å². The van der Waals surface area contributed by atoms with Crippen LogP contribution in [0.1, 0.15) is 15.9 Å². The SMILES string of the molecule is NC(=O)c1ccc(OC(F)F)c(F)c1-c1cccc2c1CCO2. The molecule has 2 aromatic carbocycles. The normalized spacial score (nSPS) is 12.9. The smallest absolute Gasteiger partial charge is 0.387 e. The summed E-state index contributed by atoms with van der Waals surface area (Å²) in [5, 5.41) is 0. The molecular formula is C16H12F3NO3. The number of halogens is 3. The monoisotopic (exact) mass is 323 g/mol. The summed E-state index contributed by atoms with van der Waals surface area (Å²) in [6.07, 6.45) is 0.517. The summed E-state index contributed by atoms with van der Waals surface area (Å²) >= 11 is 0. The number of carbonyl (C=O) groups is 1. The van der Waals surface area contributed by atoms with E-state index in [0.717, 1.165) is 6.07 Å². The molecule has 4 nitrogen and oxygen atoms in total. The van der Waals surface area contributed by atoms with Gasteiger partial charge in [0, 0.05) is 17.5 Å². The van der Waals surface area contributed by atoms with Gasteiger partial charge >= 0.3 is 6.61 Å². The summed E-state index contributed by atoms with van der Waals surface area (Å²) in [7, 11) is 0. The van der Waals surface area contributed by atoms with E-state index in [1.165, 1.54) is 6.07 Å². The average Bonchev–Trinajstić information content (AvgIpc) is 2.97. The van der Waals surface area contributed by atoms with Crippen LogP contribution in [-0.2, 0) is 6.42 Å². The van der Waals surface area contributed by atoms with Crippen LogP contribution in [0.2, 0.25) is 0 Å². The molecule has 1 amide bonds. The molecule has 3 rings (SSSR count). The highest BCUT2D eigenvalue weighted by Gasteiger charge is 2.25. The molecule has 0 atom stereocenters. The molecule has 0 aliphatic carbocycles. The topological polar surface area (TPSA) is 61.6 Å². The first-order valence-electron chi connectivity index (χ1n) is 6.81. The van der Waals surface area contributed by atoms with Crippen molar-refractivity contribution in [3.8, 4) is 22.6 Å². The van der Waals surface area contributed by atoms with E-state index in [-0.39, 0.29) is 11.1 Å². The molecule has 1 heterocycles. The molecule has 0 saturated carbocycles. The molecular weight excluding hydrogens is 311 g/mol. The second kappa shape index (κ2) is 5.83. The number of benzene rings is 2. The van der Waals surface area contributed by atoms with Gasteiger partial charge < -0.3 is 15.2 Å². The Kier molecular flexibility index (Phi) is 3.85. The largest absolute Gasteiger partial charge is 0.493 e. The molecule has 2 aromatic rings. The van der Waals surface area contributed by atoms with Gasteiger partial charge in [-0.3, -0.25) is 4.79 Å². The minimum atomic E-state index is -3.18. The summed E-state index contributed by atoms with van der Waals surface area (Å²) < 4.78 is 49.1. The third kappa shape index (κ3) is 2.69. The van der Waals surface area contributed by atoms with Crippen LogP contribution in [0.25, 0.3) is 11.1 Å². The highest BCUT2D eigenvalue weighted by atomic mass is 19.3. The van der Waals surface area contributed by atoms with Crippen LogP contribution in [0.3, 0.4) is 0 Å². The van der Waals surface area contributed by atoms with Gasteiger partial charge in [0.1, 0.15) is 5.75 Å². The van der Waals surface area contributed by atoms with Crippen molar-refractivity contribution in [2.75, 3.05) is 6.61 Å². The number of nitrogens with two attached hydrogens (primary N) is 1. The summed E-state index contributed by atoms with van der Waals surface area (Å²) in [6.45, 7) is -2.76. The summed E-state index contributed by atoms with van der Waals surface area (Å²) in [4.78, 5) is 11.6. The molecule has 1 aliphatic rings. The second-order valence-electron chi connectivity index (χ2n) is 4.92. The number of ether oxygens (including phenoxy) is 2. The first-order chi connectivity index (χ1) is 11.0. The van der Waals surface area contributed by atoms with E-state index in [4.69, 9.17) is 10.5 Å². The molecule has 120 valence electrons. The molecule has 0 fully saturated rings. The lowest BCUT2D eigenvalue weighted by Gasteiger charge is -2.15. The Labute approximate surface area is 129 Å². The van der Waals surface area contributed by atoms with Crippen LogP contribution < -0.4 is 15.2 Å². The van der Waals surface area contributed by atoms with Crippen LogP contribution in [0.4, 0.5) is 13.2 Å². The van der Waals surface area contributed by atoms with Gasteiger partial charge in [0.2, 0.25) is 5.91 Å². The van der Waals surface area contributed by atoms with Gasteiger partial charge in [-0.05, 0) is 23.8 Å². The lowest BCUT2D eigenvalue weighted by atomic mass is 9.93. The van der Waals surface area contributed by atoms with Gasteiger partial charge in [0.15, 0.2) is 11.6 Å². The fourth-order valence-corrected chi connectivity index (χ4v) is 2.67. The Morgan fingerprint density at radius 1 is 1.26 bits per heavy atom. The van der Waals surface area contributed by atoms with Gasteiger partial charge in [-0.2, -0.15) is 8.78 Å². The Morgan fingerprint density at radius 3 is 2.74 bits per heavy atom. The van der Waals surface area contributed by atoms with Crippen LogP contribution in [0.5, 0.6) is 11.5 Å². The molecule has 2 N–H and O–H groups in total. The molecule has 23 heavy (non-hydrogen) atoms. The number of hydrogen-bond acceptors (Lipinski definition) is 3. The number of hydrogen-bond donors (Lipinski definition) is 1. The van der Waals surface area contributed by atoms with Crippen LogP contribution in [0, 0.1) is 5.82 Å². The number of rotatable bonds is 4. The molecule has 0 saturated heterocycles. The van der Waals surface area contributed by atoms with E-state index >= 15 is 0 Å². The third-order valence-electron chi connectivity index (χ3n) is 3.60. The van der Waals surface area contributed by atoms with Gasteiger partial charge in [-0.1, -0.05) is 12.1 Å². The number of carbonyl (C=O) groups excluding carboxylic acids is 1. The van der Waals surface area contributed by atoms with E-state index in [9.17, 15) is 18.0 Å². The van der Waals surface area contributed by atoms with Crippen molar-refractivity contribution < 1.29 is 27.4 Å².